The van der Waals surface area contributed by atoms with Gasteiger partial charge in [0.15, 0.2) is 0 Å². The van der Waals surface area contributed by atoms with Crippen LogP contribution in [0.5, 0.6) is 0 Å². The molecule has 1 heterocycles. The van der Waals surface area contributed by atoms with E-state index in [1.807, 2.05) is 0 Å². The molecule has 0 saturated carbocycles. The van der Waals surface area contributed by atoms with Crippen LogP contribution < -0.4 is 10.6 Å². The zero-order chi connectivity index (χ0) is 13.7. The van der Waals surface area contributed by atoms with Gasteiger partial charge in [0.25, 0.3) is 5.76 Å². The number of alkyl halides is 2. The first-order chi connectivity index (χ1) is 9.13. The number of carbonyl (C=O) groups is 1. The molecule has 2 N–H and O–H groups in total. The zero-order valence-electron chi connectivity index (χ0n) is 10.8. The molecule has 1 unspecified atom stereocenters. The summed E-state index contributed by atoms with van der Waals surface area (Å²) in [6, 6.07) is 6.77. The van der Waals surface area contributed by atoms with E-state index in [4.69, 9.17) is 0 Å². The van der Waals surface area contributed by atoms with Gasteiger partial charge in [-0.2, -0.15) is 8.78 Å². The normalized spacial score (nSPS) is 17.9. The molecule has 1 amide bonds. The van der Waals surface area contributed by atoms with Crippen molar-refractivity contribution >= 4 is 35.8 Å². The van der Waals surface area contributed by atoms with Crippen LogP contribution in [0.2, 0.25) is 0 Å². The number of rotatable bonds is 5. The van der Waals surface area contributed by atoms with Crippen molar-refractivity contribution in [2.24, 2.45) is 0 Å². The maximum Gasteiger partial charge on any atom is 0.288 e. The van der Waals surface area contributed by atoms with Gasteiger partial charge in [0, 0.05) is 23.0 Å². The van der Waals surface area contributed by atoms with E-state index in [0.29, 0.717) is 28.8 Å². The van der Waals surface area contributed by atoms with Crippen molar-refractivity contribution in [1.82, 2.24) is 5.32 Å². The molecule has 20 heavy (non-hydrogen) atoms. The van der Waals surface area contributed by atoms with Gasteiger partial charge in [-0.05, 0) is 37.6 Å². The summed E-state index contributed by atoms with van der Waals surface area (Å²) < 4.78 is 24.5. The molecule has 1 aromatic carbocycles. The molecule has 2 rings (SSSR count). The highest BCUT2D eigenvalue weighted by molar-refractivity contribution is 7.99. The Morgan fingerprint density at radius 3 is 2.95 bits per heavy atom. The van der Waals surface area contributed by atoms with Crippen LogP contribution in [-0.4, -0.2) is 24.3 Å². The smallest absolute Gasteiger partial charge is 0.288 e. The first kappa shape index (κ1) is 17.2. The minimum atomic E-state index is -2.45. The first-order valence-corrected chi connectivity index (χ1v) is 7.09. The van der Waals surface area contributed by atoms with Crippen molar-refractivity contribution in [1.29, 1.82) is 0 Å². The molecule has 1 aliphatic rings. The zero-order valence-corrected chi connectivity index (χ0v) is 12.4. The quantitative estimate of drug-likeness (QED) is 0.815. The number of benzene rings is 1. The van der Waals surface area contributed by atoms with E-state index in [2.05, 4.69) is 10.6 Å². The van der Waals surface area contributed by atoms with E-state index in [1.165, 1.54) is 0 Å². The summed E-state index contributed by atoms with van der Waals surface area (Å²) in [4.78, 5) is 12.2. The van der Waals surface area contributed by atoms with Crippen LogP contribution in [0.4, 0.5) is 14.5 Å². The molecular formula is C13H17ClF2N2OS. The number of thioether (sulfide) groups is 1. The largest absolute Gasteiger partial charge is 0.326 e. The van der Waals surface area contributed by atoms with Crippen LogP contribution in [0, 0.1) is 0 Å². The first-order valence-electron chi connectivity index (χ1n) is 6.21. The highest BCUT2D eigenvalue weighted by atomic mass is 35.5. The highest BCUT2D eigenvalue weighted by Crippen LogP contribution is 2.27. The summed E-state index contributed by atoms with van der Waals surface area (Å²) >= 11 is 0.476. The maximum atomic E-state index is 12.3. The third kappa shape index (κ3) is 5.64. The lowest BCUT2D eigenvalue weighted by atomic mass is 10.1. The summed E-state index contributed by atoms with van der Waals surface area (Å²) in [7, 11) is 0. The number of halogens is 3. The Morgan fingerprint density at radius 1 is 1.50 bits per heavy atom. The van der Waals surface area contributed by atoms with Gasteiger partial charge in [-0.3, -0.25) is 4.79 Å². The predicted molar refractivity (Wildman–Crippen MR) is 79.8 cm³/mol. The van der Waals surface area contributed by atoms with E-state index in [-0.39, 0.29) is 24.4 Å². The van der Waals surface area contributed by atoms with Gasteiger partial charge in [0.05, 0.1) is 0 Å². The van der Waals surface area contributed by atoms with Crippen molar-refractivity contribution in [2.45, 2.75) is 36.0 Å². The molecule has 112 valence electrons. The van der Waals surface area contributed by atoms with Crippen molar-refractivity contribution < 1.29 is 13.6 Å². The molecule has 0 aromatic heterocycles. The predicted octanol–water partition coefficient (Wildman–Crippen LogP) is 3.50. The van der Waals surface area contributed by atoms with Gasteiger partial charge in [-0.15, -0.1) is 12.4 Å². The number of hydrogen-bond donors (Lipinski definition) is 2. The van der Waals surface area contributed by atoms with Crippen LogP contribution in [0.3, 0.4) is 0 Å². The molecule has 7 heteroatoms. The molecule has 1 aliphatic heterocycles. The van der Waals surface area contributed by atoms with Crippen molar-refractivity contribution in [3.8, 4) is 0 Å². The number of nitrogens with one attached hydrogen (secondary N) is 2. The van der Waals surface area contributed by atoms with Crippen molar-refractivity contribution in [2.75, 3.05) is 11.9 Å². The van der Waals surface area contributed by atoms with Crippen molar-refractivity contribution in [3.63, 3.8) is 0 Å². The maximum absolute atomic E-state index is 12.3. The summed E-state index contributed by atoms with van der Waals surface area (Å²) in [6.07, 6.45) is 2.53. The number of carbonyl (C=O) groups excluding carboxylic acids is 1. The van der Waals surface area contributed by atoms with Gasteiger partial charge < -0.3 is 10.6 Å². The van der Waals surface area contributed by atoms with Crippen LogP contribution in [-0.2, 0) is 4.79 Å². The molecule has 0 radical (unpaired) electrons. The third-order valence-corrected chi connectivity index (χ3v) is 3.64. The van der Waals surface area contributed by atoms with Gasteiger partial charge in [-0.25, -0.2) is 0 Å². The van der Waals surface area contributed by atoms with Gasteiger partial charge >= 0.3 is 0 Å². The minimum absolute atomic E-state index is 0. The van der Waals surface area contributed by atoms with Crippen LogP contribution in [0.1, 0.15) is 19.3 Å². The van der Waals surface area contributed by atoms with E-state index in [0.717, 1.165) is 19.4 Å². The lowest BCUT2D eigenvalue weighted by Crippen LogP contribution is -2.27. The van der Waals surface area contributed by atoms with Gasteiger partial charge in [0.1, 0.15) is 0 Å². The fourth-order valence-corrected chi connectivity index (χ4v) is 2.67. The number of amides is 1. The van der Waals surface area contributed by atoms with E-state index in [1.54, 1.807) is 24.3 Å². The van der Waals surface area contributed by atoms with Gasteiger partial charge in [-0.1, -0.05) is 17.8 Å². The Balaban J connectivity index is 0.00000200. The molecule has 3 nitrogen and oxygen atoms in total. The van der Waals surface area contributed by atoms with E-state index >= 15 is 0 Å². The van der Waals surface area contributed by atoms with Gasteiger partial charge in [0.2, 0.25) is 5.91 Å². The van der Waals surface area contributed by atoms with Crippen LogP contribution in [0.25, 0.3) is 0 Å². The minimum Gasteiger partial charge on any atom is -0.326 e. The SMILES string of the molecule is Cl.O=C(CC1CCCN1)Nc1cccc(SC(F)F)c1. The summed E-state index contributed by atoms with van der Waals surface area (Å²) in [5.74, 6) is -2.53. The molecule has 0 bridgehead atoms. The van der Waals surface area contributed by atoms with Crippen LogP contribution >= 0.6 is 24.2 Å². The lowest BCUT2D eigenvalue weighted by Gasteiger charge is -2.11. The van der Waals surface area contributed by atoms with Crippen LogP contribution in [0.15, 0.2) is 29.2 Å². The highest BCUT2D eigenvalue weighted by Gasteiger charge is 2.17. The molecule has 1 saturated heterocycles. The average Bonchev–Trinajstić information content (AvgIpc) is 2.81. The molecule has 1 fully saturated rings. The molecule has 0 spiro atoms. The molecular weight excluding hydrogens is 306 g/mol. The lowest BCUT2D eigenvalue weighted by molar-refractivity contribution is -0.116. The summed E-state index contributed by atoms with van der Waals surface area (Å²) in [6.45, 7) is 0.957. The Kier molecular flexibility index (Phi) is 7.26. The van der Waals surface area contributed by atoms with Crippen molar-refractivity contribution in [3.05, 3.63) is 24.3 Å². The topological polar surface area (TPSA) is 41.1 Å². The summed E-state index contributed by atoms with van der Waals surface area (Å²) in [5, 5.41) is 5.99. The fraction of sp³-hybridized carbons (Fsp3) is 0.462. The Bertz CT molecular complexity index is 442. The number of hydrogen-bond acceptors (Lipinski definition) is 3. The van der Waals surface area contributed by atoms with E-state index < -0.39 is 5.76 Å². The molecule has 1 aromatic rings. The third-order valence-electron chi connectivity index (χ3n) is 2.94. The summed E-state index contributed by atoms with van der Waals surface area (Å²) in [5.41, 5.74) is 0.564. The Labute approximate surface area is 127 Å². The standard InChI is InChI=1S/C13H16F2N2OS.ClH/c14-13(15)19-11-5-1-3-10(7-11)17-12(18)8-9-4-2-6-16-9;/h1,3,5,7,9,13,16H,2,4,6,8H2,(H,17,18);1H. The van der Waals surface area contributed by atoms with E-state index in [9.17, 15) is 13.6 Å². The average molecular weight is 323 g/mol. The second-order valence-corrected chi connectivity index (χ2v) is 5.52. The molecule has 1 atom stereocenters. The number of anilines is 1. The second kappa shape index (κ2) is 8.44. The Morgan fingerprint density at radius 2 is 2.30 bits per heavy atom. The monoisotopic (exact) mass is 322 g/mol. The molecule has 0 aliphatic carbocycles. The Hall–Kier alpha value is -0.850. The second-order valence-electron chi connectivity index (χ2n) is 4.45. The fourth-order valence-electron chi connectivity index (χ4n) is 2.12.